The fraction of sp³-hybridized carbons (Fsp3) is 0.400. The monoisotopic (exact) mass is 482 g/mol. The number of carbonyl (C=O) groups excluding carboxylic acids is 2. The molecule has 1 amide bonds. The quantitative estimate of drug-likeness (QED) is 0.322. The summed E-state index contributed by atoms with van der Waals surface area (Å²) in [5.74, 6) is -0.923. The highest BCUT2D eigenvalue weighted by Gasteiger charge is 2.30. The van der Waals surface area contributed by atoms with Crippen molar-refractivity contribution in [2.75, 3.05) is 37.5 Å². The second kappa shape index (κ2) is 11.3. The van der Waals surface area contributed by atoms with Crippen molar-refractivity contribution in [2.45, 2.75) is 38.0 Å². The van der Waals surface area contributed by atoms with Crippen LogP contribution in [0.3, 0.4) is 0 Å². The topological polar surface area (TPSA) is 135 Å². The lowest BCUT2D eigenvalue weighted by Crippen LogP contribution is -2.28. The molecule has 0 bridgehead atoms. The van der Waals surface area contributed by atoms with E-state index >= 15 is 0 Å². The number of nitrogens with one attached hydrogen (secondary N) is 2. The molecule has 1 aromatic carbocycles. The second-order valence-corrected chi connectivity index (χ2v) is 8.41. The highest BCUT2D eigenvalue weighted by atomic mass is 16.5. The Bertz CT molecular complexity index is 1170. The molecule has 1 fully saturated rings. The van der Waals surface area contributed by atoms with Crippen molar-refractivity contribution < 1.29 is 29.3 Å². The minimum Gasteiger partial charge on any atom is -0.464 e. The van der Waals surface area contributed by atoms with Crippen molar-refractivity contribution in [2.24, 2.45) is 0 Å². The number of amides is 1. The molecule has 0 radical (unpaired) electrons. The Morgan fingerprint density at radius 2 is 2.11 bits per heavy atom. The van der Waals surface area contributed by atoms with E-state index in [1.807, 2.05) is 30.3 Å². The maximum atomic E-state index is 13.0. The van der Waals surface area contributed by atoms with Crippen molar-refractivity contribution >= 4 is 34.3 Å². The SMILES string of the molecule is COC(=O)c1c(NC(=O)[C@H]2CCCO2)c2cc(NC[C@@H](O)CO)cnc2n1CCc1ccccc1. The molecule has 0 spiro atoms. The number of aliphatic hydroxyl groups is 2. The number of carbonyl (C=O) groups is 2. The smallest absolute Gasteiger partial charge is 0.356 e. The summed E-state index contributed by atoms with van der Waals surface area (Å²) in [5.41, 5.74) is 2.67. The third kappa shape index (κ3) is 5.61. The Morgan fingerprint density at radius 3 is 2.80 bits per heavy atom. The van der Waals surface area contributed by atoms with Gasteiger partial charge in [-0.1, -0.05) is 30.3 Å². The minimum absolute atomic E-state index is 0.111. The summed E-state index contributed by atoms with van der Waals surface area (Å²) in [6.07, 6.45) is 2.10. The number of nitrogens with zero attached hydrogens (tertiary/aromatic N) is 2. The number of hydrogen-bond donors (Lipinski definition) is 4. The zero-order valence-electron chi connectivity index (χ0n) is 19.6. The van der Waals surface area contributed by atoms with Gasteiger partial charge in [0.05, 0.1) is 37.4 Å². The van der Waals surface area contributed by atoms with Gasteiger partial charge in [-0.25, -0.2) is 9.78 Å². The summed E-state index contributed by atoms with van der Waals surface area (Å²) in [6.45, 7) is 0.681. The van der Waals surface area contributed by atoms with Gasteiger partial charge in [0.1, 0.15) is 11.8 Å². The number of aryl methyl sites for hydroxylation is 2. The van der Waals surface area contributed by atoms with Gasteiger partial charge in [0.2, 0.25) is 0 Å². The van der Waals surface area contributed by atoms with Gasteiger partial charge >= 0.3 is 5.97 Å². The van der Waals surface area contributed by atoms with E-state index in [0.717, 1.165) is 12.0 Å². The van der Waals surface area contributed by atoms with Crippen molar-refractivity contribution in [1.82, 2.24) is 9.55 Å². The molecular formula is C25H30N4O6. The second-order valence-electron chi connectivity index (χ2n) is 8.41. The van der Waals surface area contributed by atoms with Gasteiger partial charge in [-0.15, -0.1) is 0 Å². The van der Waals surface area contributed by atoms with Gasteiger partial charge < -0.3 is 34.9 Å². The molecule has 4 N–H and O–H groups in total. The number of anilines is 2. The predicted octanol–water partition coefficient (Wildman–Crippen LogP) is 1.95. The van der Waals surface area contributed by atoms with Crippen LogP contribution in [-0.4, -0.2) is 70.7 Å². The summed E-state index contributed by atoms with van der Waals surface area (Å²) in [5, 5.41) is 25.2. The van der Waals surface area contributed by atoms with E-state index in [1.165, 1.54) is 7.11 Å². The maximum Gasteiger partial charge on any atom is 0.356 e. The summed E-state index contributed by atoms with van der Waals surface area (Å²) < 4.78 is 12.4. The van der Waals surface area contributed by atoms with Crippen LogP contribution < -0.4 is 10.6 Å². The summed E-state index contributed by atoms with van der Waals surface area (Å²) in [6, 6.07) is 11.6. The highest BCUT2D eigenvalue weighted by Crippen LogP contribution is 2.33. The first-order valence-corrected chi connectivity index (χ1v) is 11.6. The van der Waals surface area contributed by atoms with Gasteiger partial charge in [0.25, 0.3) is 5.91 Å². The van der Waals surface area contributed by atoms with Crippen LogP contribution in [0.2, 0.25) is 0 Å². The molecular weight excluding hydrogens is 452 g/mol. The summed E-state index contributed by atoms with van der Waals surface area (Å²) in [7, 11) is 1.30. The molecule has 0 unspecified atom stereocenters. The molecule has 1 saturated heterocycles. The average Bonchev–Trinajstić information content (AvgIpc) is 3.53. The molecule has 10 heteroatoms. The molecule has 10 nitrogen and oxygen atoms in total. The normalized spacial score (nSPS) is 16.3. The van der Waals surface area contributed by atoms with Gasteiger partial charge in [0, 0.05) is 25.1 Å². The number of aromatic nitrogens is 2. The average molecular weight is 483 g/mol. The molecule has 3 heterocycles. The van der Waals surface area contributed by atoms with Crippen LogP contribution in [0.5, 0.6) is 0 Å². The summed E-state index contributed by atoms with van der Waals surface area (Å²) in [4.78, 5) is 30.5. The number of esters is 1. The van der Waals surface area contributed by atoms with Crippen molar-refractivity contribution in [3.05, 3.63) is 53.9 Å². The van der Waals surface area contributed by atoms with E-state index < -0.39 is 18.2 Å². The maximum absolute atomic E-state index is 13.0. The van der Waals surface area contributed by atoms with Gasteiger partial charge in [-0.2, -0.15) is 0 Å². The molecule has 0 saturated carbocycles. The third-order valence-electron chi connectivity index (χ3n) is 5.97. The van der Waals surface area contributed by atoms with Crippen molar-refractivity contribution in [3.63, 3.8) is 0 Å². The largest absolute Gasteiger partial charge is 0.464 e. The number of fused-ring (bicyclic) bond motifs is 1. The Kier molecular flexibility index (Phi) is 7.96. The zero-order chi connectivity index (χ0) is 24.8. The molecule has 2 aromatic heterocycles. The molecule has 4 rings (SSSR count). The number of rotatable bonds is 10. The fourth-order valence-corrected chi connectivity index (χ4v) is 4.15. The van der Waals surface area contributed by atoms with E-state index in [1.54, 1.807) is 16.8 Å². The van der Waals surface area contributed by atoms with Crippen LogP contribution in [0.15, 0.2) is 42.6 Å². The number of benzene rings is 1. The first-order valence-electron chi connectivity index (χ1n) is 11.6. The summed E-state index contributed by atoms with van der Waals surface area (Å²) >= 11 is 0. The number of aliphatic hydroxyl groups excluding tert-OH is 2. The van der Waals surface area contributed by atoms with Crippen LogP contribution in [0.4, 0.5) is 11.4 Å². The first kappa shape index (κ1) is 24.6. The Hall–Kier alpha value is -3.47. The molecule has 2 atom stereocenters. The minimum atomic E-state index is -0.939. The van der Waals surface area contributed by atoms with E-state index in [0.29, 0.717) is 48.4 Å². The van der Waals surface area contributed by atoms with Crippen LogP contribution >= 0.6 is 0 Å². The first-order chi connectivity index (χ1) is 17.0. The Morgan fingerprint density at radius 1 is 1.31 bits per heavy atom. The highest BCUT2D eigenvalue weighted by molar-refractivity contribution is 6.12. The lowest BCUT2D eigenvalue weighted by atomic mass is 10.1. The van der Waals surface area contributed by atoms with Crippen LogP contribution in [-0.2, 0) is 27.2 Å². The number of methoxy groups -OCH3 is 1. The Labute approximate surface area is 202 Å². The van der Waals surface area contributed by atoms with E-state index in [-0.39, 0.29) is 24.8 Å². The van der Waals surface area contributed by atoms with E-state index in [2.05, 4.69) is 15.6 Å². The standard InChI is InChI=1S/C25H30N4O6/c1-34-25(33)22-21(28-24(32)20-8-5-11-35-20)19-12-17(26-14-18(31)15-30)13-27-23(19)29(22)10-9-16-6-3-2-4-7-16/h2-4,6-7,12-13,18,20,26,30-31H,5,8-11,14-15H2,1H3,(H,28,32)/t18-,20-/m1/s1. The van der Waals surface area contributed by atoms with Crippen molar-refractivity contribution in [1.29, 1.82) is 0 Å². The molecule has 3 aromatic rings. The number of hydrogen-bond acceptors (Lipinski definition) is 8. The fourth-order valence-electron chi connectivity index (χ4n) is 4.15. The van der Waals surface area contributed by atoms with Gasteiger partial charge in [-0.3, -0.25) is 4.79 Å². The number of pyridine rings is 1. The van der Waals surface area contributed by atoms with E-state index in [4.69, 9.17) is 14.6 Å². The van der Waals surface area contributed by atoms with E-state index in [9.17, 15) is 14.7 Å². The lowest BCUT2D eigenvalue weighted by Gasteiger charge is -2.13. The Balaban J connectivity index is 1.76. The van der Waals surface area contributed by atoms with Crippen LogP contribution in [0, 0.1) is 0 Å². The molecule has 186 valence electrons. The zero-order valence-corrected chi connectivity index (χ0v) is 19.6. The molecule has 1 aliphatic heterocycles. The van der Waals surface area contributed by atoms with Crippen LogP contribution in [0.1, 0.15) is 28.9 Å². The van der Waals surface area contributed by atoms with Gasteiger partial charge in [-0.05, 0) is 30.9 Å². The molecule has 35 heavy (non-hydrogen) atoms. The third-order valence-corrected chi connectivity index (χ3v) is 5.97. The lowest BCUT2D eigenvalue weighted by molar-refractivity contribution is -0.124. The molecule has 0 aliphatic carbocycles. The van der Waals surface area contributed by atoms with Crippen molar-refractivity contribution in [3.8, 4) is 0 Å². The molecule has 1 aliphatic rings. The van der Waals surface area contributed by atoms with Gasteiger partial charge in [0.15, 0.2) is 5.69 Å². The predicted molar refractivity (Wildman–Crippen MR) is 130 cm³/mol. The van der Waals surface area contributed by atoms with Crippen LogP contribution in [0.25, 0.3) is 11.0 Å². The number of ether oxygens (including phenoxy) is 2.